The van der Waals surface area contributed by atoms with E-state index in [9.17, 15) is 12.8 Å². The SMILES string of the molecule is O=S(=O)(c1ccc(F)cc1)c1nc(Cl)c2cc[nH]c2n1. The molecule has 20 heavy (non-hydrogen) atoms. The summed E-state index contributed by atoms with van der Waals surface area (Å²) in [6.45, 7) is 0. The van der Waals surface area contributed by atoms with Crippen LogP contribution in [-0.2, 0) is 9.84 Å². The summed E-state index contributed by atoms with van der Waals surface area (Å²) in [5.74, 6) is -0.525. The third kappa shape index (κ3) is 2.04. The van der Waals surface area contributed by atoms with Gasteiger partial charge in [-0.15, -0.1) is 0 Å². The Morgan fingerprint density at radius 2 is 1.80 bits per heavy atom. The van der Waals surface area contributed by atoms with Crippen LogP contribution in [0.15, 0.2) is 46.6 Å². The van der Waals surface area contributed by atoms with Crippen molar-refractivity contribution >= 4 is 32.5 Å². The number of nitrogens with zero attached hydrogens (tertiary/aromatic N) is 2. The lowest BCUT2D eigenvalue weighted by Gasteiger charge is -2.04. The molecule has 5 nitrogen and oxygen atoms in total. The number of sulfone groups is 1. The third-order valence-electron chi connectivity index (χ3n) is 2.71. The van der Waals surface area contributed by atoms with Gasteiger partial charge in [0.05, 0.1) is 10.3 Å². The molecule has 0 amide bonds. The van der Waals surface area contributed by atoms with Crippen LogP contribution < -0.4 is 0 Å². The summed E-state index contributed by atoms with van der Waals surface area (Å²) in [5.41, 5.74) is 0.325. The fourth-order valence-electron chi connectivity index (χ4n) is 1.72. The first-order valence-electron chi connectivity index (χ1n) is 5.50. The summed E-state index contributed by atoms with van der Waals surface area (Å²) < 4.78 is 37.5. The molecule has 1 aromatic carbocycles. The van der Waals surface area contributed by atoms with Crippen molar-refractivity contribution in [2.45, 2.75) is 10.1 Å². The van der Waals surface area contributed by atoms with Gasteiger partial charge in [0.2, 0.25) is 9.84 Å². The number of halogens is 2. The van der Waals surface area contributed by atoms with Gasteiger partial charge < -0.3 is 4.98 Å². The van der Waals surface area contributed by atoms with Crippen LogP contribution in [0.25, 0.3) is 11.0 Å². The first-order chi connectivity index (χ1) is 9.48. The molecule has 8 heteroatoms. The number of fused-ring (bicyclic) bond motifs is 1. The summed E-state index contributed by atoms with van der Waals surface area (Å²) in [7, 11) is -3.94. The van der Waals surface area contributed by atoms with Gasteiger partial charge >= 0.3 is 0 Å². The number of aromatic amines is 1. The van der Waals surface area contributed by atoms with Crippen molar-refractivity contribution in [1.29, 1.82) is 0 Å². The minimum atomic E-state index is -3.94. The van der Waals surface area contributed by atoms with E-state index in [1.54, 1.807) is 12.3 Å². The van der Waals surface area contributed by atoms with Gasteiger partial charge in [-0.05, 0) is 30.3 Å². The standard InChI is InChI=1S/C12H7ClFN3O2S/c13-10-9-5-6-15-11(9)17-12(16-10)20(18,19)8-3-1-7(14)2-4-8/h1-6H,(H,15,16,17). The van der Waals surface area contributed by atoms with Gasteiger partial charge in [-0.3, -0.25) is 0 Å². The molecule has 3 aromatic rings. The van der Waals surface area contributed by atoms with Crippen molar-refractivity contribution in [3.05, 3.63) is 47.5 Å². The maximum Gasteiger partial charge on any atom is 0.255 e. The molecular weight excluding hydrogens is 305 g/mol. The third-order valence-corrected chi connectivity index (χ3v) is 4.56. The van der Waals surface area contributed by atoms with E-state index < -0.39 is 20.8 Å². The number of nitrogens with one attached hydrogen (secondary N) is 1. The highest BCUT2D eigenvalue weighted by atomic mass is 35.5. The number of rotatable bonds is 2. The maximum atomic E-state index is 12.9. The number of hydrogen-bond acceptors (Lipinski definition) is 4. The lowest BCUT2D eigenvalue weighted by molar-refractivity contribution is 0.586. The zero-order valence-corrected chi connectivity index (χ0v) is 11.4. The monoisotopic (exact) mass is 311 g/mol. The Balaban J connectivity index is 2.20. The van der Waals surface area contributed by atoms with Crippen molar-refractivity contribution in [1.82, 2.24) is 15.0 Å². The van der Waals surface area contributed by atoms with Crippen molar-refractivity contribution in [2.24, 2.45) is 0 Å². The Morgan fingerprint density at radius 3 is 2.50 bits per heavy atom. The van der Waals surface area contributed by atoms with E-state index in [2.05, 4.69) is 15.0 Å². The summed E-state index contributed by atoms with van der Waals surface area (Å²) in [6.07, 6.45) is 1.58. The van der Waals surface area contributed by atoms with Gasteiger partial charge in [-0.1, -0.05) is 11.6 Å². The fraction of sp³-hybridized carbons (Fsp3) is 0. The molecular formula is C12H7ClFN3O2S. The minimum absolute atomic E-state index is 0.0388. The largest absolute Gasteiger partial charge is 0.346 e. The molecule has 0 aliphatic rings. The summed E-state index contributed by atoms with van der Waals surface area (Å²) >= 11 is 5.93. The second kappa shape index (κ2) is 4.53. The molecule has 0 spiro atoms. The molecule has 0 aliphatic heterocycles. The second-order valence-corrected chi connectivity index (χ2v) is 6.20. The Morgan fingerprint density at radius 1 is 1.10 bits per heavy atom. The van der Waals surface area contributed by atoms with Gasteiger partial charge in [-0.2, -0.15) is 4.98 Å². The Kier molecular flexibility index (Phi) is 2.95. The zero-order valence-electron chi connectivity index (χ0n) is 9.84. The highest BCUT2D eigenvalue weighted by Crippen LogP contribution is 2.24. The average molecular weight is 312 g/mol. The van der Waals surface area contributed by atoms with Crippen LogP contribution in [0, 0.1) is 5.82 Å². The summed E-state index contributed by atoms with van der Waals surface area (Å²) in [6, 6.07) is 6.07. The first-order valence-corrected chi connectivity index (χ1v) is 7.36. The number of H-pyrrole nitrogens is 1. The van der Waals surface area contributed by atoms with E-state index in [1.807, 2.05) is 0 Å². The molecule has 1 N–H and O–H groups in total. The van der Waals surface area contributed by atoms with Crippen LogP contribution in [0.4, 0.5) is 4.39 Å². The van der Waals surface area contributed by atoms with Crippen molar-refractivity contribution in [2.75, 3.05) is 0 Å². The van der Waals surface area contributed by atoms with Crippen LogP contribution in [0.3, 0.4) is 0 Å². The Bertz CT molecular complexity index is 891. The highest BCUT2D eigenvalue weighted by Gasteiger charge is 2.23. The first kappa shape index (κ1) is 13.0. The number of aromatic nitrogens is 3. The molecule has 0 fully saturated rings. The lowest BCUT2D eigenvalue weighted by Crippen LogP contribution is -2.07. The van der Waals surface area contributed by atoms with E-state index >= 15 is 0 Å². The van der Waals surface area contributed by atoms with E-state index in [0.717, 1.165) is 24.3 Å². The maximum absolute atomic E-state index is 12.9. The minimum Gasteiger partial charge on any atom is -0.346 e. The average Bonchev–Trinajstić information content (AvgIpc) is 2.88. The highest BCUT2D eigenvalue weighted by molar-refractivity contribution is 7.91. The molecule has 102 valence electrons. The quantitative estimate of drug-likeness (QED) is 0.448. The molecule has 2 aromatic heterocycles. The van der Waals surface area contributed by atoms with Crippen LogP contribution >= 0.6 is 11.6 Å². The topological polar surface area (TPSA) is 75.7 Å². The van der Waals surface area contributed by atoms with Crippen LogP contribution in [0.2, 0.25) is 5.15 Å². The Hall–Kier alpha value is -1.99. The van der Waals surface area contributed by atoms with Gasteiger partial charge in [0.15, 0.2) is 0 Å². The van der Waals surface area contributed by atoms with E-state index in [1.165, 1.54) is 0 Å². The smallest absolute Gasteiger partial charge is 0.255 e. The van der Waals surface area contributed by atoms with Crippen molar-refractivity contribution < 1.29 is 12.8 Å². The van der Waals surface area contributed by atoms with Gasteiger partial charge in [0, 0.05) is 6.20 Å². The van der Waals surface area contributed by atoms with E-state index in [-0.39, 0.29) is 10.0 Å². The van der Waals surface area contributed by atoms with Crippen molar-refractivity contribution in [3.8, 4) is 0 Å². The predicted octanol–water partition coefficient (Wildman–Crippen LogP) is 2.58. The van der Waals surface area contributed by atoms with Gasteiger partial charge in [0.1, 0.15) is 16.6 Å². The molecule has 0 radical (unpaired) electrons. The van der Waals surface area contributed by atoms with Gasteiger partial charge in [0.25, 0.3) is 5.16 Å². The molecule has 3 rings (SSSR count). The van der Waals surface area contributed by atoms with Crippen LogP contribution in [0.1, 0.15) is 0 Å². The molecule has 0 saturated carbocycles. The Labute approximate surface area is 118 Å². The molecule has 0 bridgehead atoms. The van der Waals surface area contributed by atoms with Gasteiger partial charge in [-0.25, -0.2) is 17.8 Å². The number of benzene rings is 1. The van der Waals surface area contributed by atoms with Crippen molar-refractivity contribution in [3.63, 3.8) is 0 Å². The molecule has 0 saturated heterocycles. The molecule has 2 heterocycles. The zero-order chi connectivity index (χ0) is 14.3. The number of hydrogen-bond donors (Lipinski definition) is 1. The summed E-state index contributed by atoms with van der Waals surface area (Å²) in [4.78, 5) is 10.4. The fourth-order valence-corrected chi connectivity index (χ4v) is 3.13. The second-order valence-electron chi connectivity index (χ2n) is 3.99. The van der Waals surface area contributed by atoms with Crippen LogP contribution in [-0.4, -0.2) is 23.4 Å². The predicted molar refractivity (Wildman–Crippen MR) is 70.8 cm³/mol. The van der Waals surface area contributed by atoms with E-state index in [0.29, 0.717) is 11.0 Å². The summed E-state index contributed by atoms with van der Waals surface area (Å²) in [5, 5.41) is 0.144. The van der Waals surface area contributed by atoms with E-state index in [4.69, 9.17) is 11.6 Å². The lowest BCUT2D eigenvalue weighted by atomic mass is 10.4. The molecule has 0 aliphatic carbocycles. The molecule has 0 atom stereocenters. The van der Waals surface area contributed by atoms with Crippen LogP contribution in [0.5, 0.6) is 0 Å². The normalized spacial score (nSPS) is 11.9. The molecule has 0 unspecified atom stereocenters.